The number of hydrogen-bond acceptors (Lipinski definition) is 2. The molecule has 0 heterocycles. The van der Waals surface area contributed by atoms with Crippen molar-refractivity contribution in [1.29, 1.82) is 0 Å². The van der Waals surface area contributed by atoms with Gasteiger partial charge in [-0.25, -0.2) is 0 Å². The van der Waals surface area contributed by atoms with Gasteiger partial charge >= 0.3 is 0 Å². The Morgan fingerprint density at radius 2 is 2.36 bits per heavy atom. The maximum atomic E-state index is 10.3. The van der Waals surface area contributed by atoms with Crippen LogP contribution in [-0.2, 0) is 4.79 Å². The van der Waals surface area contributed by atoms with E-state index in [4.69, 9.17) is 23.2 Å². The molecule has 0 saturated heterocycles. The van der Waals surface area contributed by atoms with Gasteiger partial charge < -0.3 is 5.11 Å². The first-order chi connectivity index (χ1) is 5.05. The minimum atomic E-state index is -1.45. The molecule has 0 aromatic heterocycles. The lowest BCUT2D eigenvalue weighted by molar-refractivity contribution is -0.104. The van der Waals surface area contributed by atoms with E-state index in [1.54, 1.807) is 0 Å². The molecule has 1 unspecified atom stereocenters. The van der Waals surface area contributed by atoms with Crippen LogP contribution in [0.2, 0.25) is 0 Å². The number of carbonyl (C=O) groups excluding carboxylic acids is 1. The third kappa shape index (κ3) is 2.06. The van der Waals surface area contributed by atoms with Crippen molar-refractivity contribution in [1.82, 2.24) is 0 Å². The second-order valence-corrected chi connectivity index (χ2v) is 3.35. The number of rotatable bonds is 1. The summed E-state index contributed by atoms with van der Waals surface area (Å²) < 4.78 is 0. The quantitative estimate of drug-likeness (QED) is 0.506. The molecule has 0 aromatic carbocycles. The molecular formula is C7H6Cl2O2. The summed E-state index contributed by atoms with van der Waals surface area (Å²) in [6.07, 6.45) is 3.54. The summed E-state index contributed by atoms with van der Waals surface area (Å²) in [5.74, 6) is 0. The van der Waals surface area contributed by atoms with E-state index in [0.29, 0.717) is 11.3 Å². The Labute approximate surface area is 74.1 Å². The number of halogens is 2. The van der Waals surface area contributed by atoms with Crippen molar-refractivity contribution in [3.63, 3.8) is 0 Å². The number of carbonyl (C=O) groups is 1. The predicted octanol–water partition coefficient (Wildman–Crippen LogP) is 1.57. The summed E-state index contributed by atoms with van der Waals surface area (Å²) in [7, 11) is 0. The summed E-state index contributed by atoms with van der Waals surface area (Å²) >= 11 is 11.1. The molecule has 60 valence electrons. The zero-order chi connectivity index (χ0) is 8.48. The monoisotopic (exact) mass is 192 g/mol. The third-order valence-electron chi connectivity index (χ3n) is 1.35. The molecule has 11 heavy (non-hydrogen) atoms. The first-order valence-corrected chi connectivity index (χ1v) is 3.76. The highest BCUT2D eigenvalue weighted by atomic mass is 35.5. The third-order valence-corrected chi connectivity index (χ3v) is 1.98. The Kier molecular flexibility index (Phi) is 2.37. The number of alkyl halides is 1. The van der Waals surface area contributed by atoms with Crippen LogP contribution in [0.4, 0.5) is 0 Å². The number of hydrogen-bond donors (Lipinski definition) is 1. The van der Waals surface area contributed by atoms with Gasteiger partial charge in [-0.3, -0.25) is 4.79 Å². The molecular weight excluding hydrogens is 187 g/mol. The smallest absolute Gasteiger partial charge is 0.161 e. The first-order valence-electron chi connectivity index (χ1n) is 3.00. The van der Waals surface area contributed by atoms with Gasteiger partial charge in [-0.05, 0) is 6.08 Å². The summed E-state index contributed by atoms with van der Waals surface area (Å²) in [4.78, 5) is 10.3. The van der Waals surface area contributed by atoms with E-state index in [-0.39, 0.29) is 12.0 Å². The molecule has 0 aliphatic heterocycles. The van der Waals surface area contributed by atoms with Crippen LogP contribution in [0.5, 0.6) is 0 Å². The van der Waals surface area contributed by atoms with Crippen LogP contribution in [0.25, 0.3) is 0 Å². The second kappa shape index (κ2) is 2.97. The number of aliphatic hydroxyl groups is 1. The Bertz CT molecular complexity index is 241. The van der Waals surface area contributed by atoms with Crippen molar-refractivity contribution in [2.75, 3.05) is 0 Å². The molecule has 0 fully saturated rings. The van der Waals surface area contributed by atoms with Gasteiger partial charge in [0.05, 0.1) is 0 Å². The highest BCUT2D eigenvalue weighted by Crippen LogP contribution is 2.29. The fourth-order valence-corrected chi connectivity index (χ4v) is 1.18. The van der Waals surface area contributed by atoms with Crippen molar-refractivity contribution < 1.29 is 9.90 Å². The normalized spacial score (nSPS) is 30.8. The largest absolute Gasteiger partial charge is 0.371 e. The van der Waals surface area contributed by atoms with Gasteiger partial charge in [0.25, 0.3) is 0 Å². The summed E-state index contributed by atoms with van der Waals surface area (Å²) in [5.41, 5.74) is 0.232. The minimum Gasteiger partial charge on any atom is -0.371 e. The molecule has 1 aliphatic carbocycles. The molecule has 0 bridgehead atoms. The van der Waals surface area contributed by atoms with E-state index < -0.39 is 5.06 Å². The van der Waals surface area contributed by atoms with E-state index in [1.165, 1.54) is 12.2 Å². The molecule has 1 N–H and O–H groups in total. The molecule has 2 nitrogen and oxygen atoms in total. The number of aldehydes is 1. The zero-order valence-corrected chi connectivity index (χ0v) is 7.06. The average Bonchev–Trinajstić information content (AvgIpc) is 1.94. The molecule has 4 heteroatoms. The molecule has 1 atom stereocenters. The maximum absolute atomic E-state index is 10.3. The Morgan fingerprint density at radius 3 is 2.82 bits per heavy atom. The number of allylic oxidation sites excluding steroid dienone is 2. The van der Waals surface area contributed by atoms with Crippen molar-refractivity contribution in [3.05, 3.63) is 22.8 Å². The van der Waals surface area contributed by atoms with Crippen LogP contribution in [0.3, 0.4) is 0 Å². The topological polar surface area (TPSA) is 37.3 Å². The van der Waals surface area contributed by atoms with Crippen molar-refractivity contribution in [2.45, 2.75) is 11.5 Å². The van der Waals surface area contributed by atoms with Crippen LogP contribution in [0.1, 0.15) is 6.42 Å². The van der Waals surface area contributed by atoms with Crippen LogP contribution in [-0.4, -0.2) is 16.5 Å². The second-order valence-electron chi connectivity index (χ2n) is 2.29. The summed E-state index contributed by atoms with van der Waals surface area (Å²) in [6.45, 7) is 0. The van der Waals surface area contributed by atoms with Gasteiger partial charge in [-0.15, -0.1) is 0 Å². The van der Waals surface area contributed by atoms with Gasteiger partial charge in [-0.2, -0.15) is 0 Å². The highest BCUT2D eigenvalue weighted by molar-refractivity contribution is 6.35. The SMILES string of the molecule is O=CC1=CC(O)(Cl)CC=C1Cl. The fourth-order valence-electron chi connectivity index (χ4n) is 0.807. The van der Waals surface area contributed by atoms with Crippen molar-refractivity contribution >= 4 is 29.5 Å². The van der Waals surface area contributed by atoms with Crippen LogP contribution in [0, 0.1) is 0 Å². The highest BCUT2D eigenvalue weighted by Gasteiger charge is 2.24. The van der Waals surface area contributed by atoms with E-state index >= 15 is 0 Å². The van der Waals surface area contributed by atoms with Crippen molar-refractivity contribution in [2.24, 2.45) is 0 Å². The lowest BCUT2D eigenvalue weighted by Crippen LogP contribution is -2.19. The Balaban J connectivity index is 2.95. The average molecular weight is 193 g/mol. The Morgan fingerprint density at radius 1 is 1.73 bits per heavy atom. The molecule has 0 saturated carbocycles. The Hall–Kier alpha value is -0.310. The van der Waals surface area contributed by atoms with E-state index in [1.807, 2.05) is 0 Å². The standard InChI is InChI=1S/C7H6Cl2O2/c8-6-1-2-7(9,11)3-5(6)4-10/h1,3-4,11H,2H2. The van der Waals surface area contributed by atoms with Crippen LogP contribution >= 0.6 is 23.2 Å². The molecule has 0 amide bonds. The van der Waals surface area contributed by atoms with Gasteiger partial charge in [-0.1, -0.05) is 29.3 Å². The van der Waals surface area contributed by atoms with E-state index in [0.717, 1.165) is 0 Å². The minimum absolute atomic E-state index is 0.227. The van der Waals surface area contributed by atoms with E-state index in [9.17, 15) is 9.90 Å². The summed E-state index contributed by atoms with van der Waals surface area (Å²) in [5, 5.41) is 8.11. The van der Waals surface area contributed by atoms with Gasteiger partial charge in [0.15, 0.2) is 11.3 Å². The van der Waals surface area contributed by atoms with E-state index in [2.05, 4.69) is 0 Å². The predicted molar refractivity (Wildman–Crippen MR) is 43.5 cm³/mol. The molecule has 0 aromatic rings. The van der Waals surface area contributed by atoms with Crippen LogP contribution in [0.15, 0.2) is 22.8 Å². The fraction of sp³-hybridized carbons (Fsp3) is 0.286. The van der Waals surface area contributed by atoms with Crippen molar-refractivity contribution in [3.8, 4) is 0 Å². The lowest BCUT2D eigenvalue weighted by Gasteiger charge is -2.19. The molecule has 1 rings (SSSR count). The van der Waals surface area contributed by atoms with Gasteiger partial charge in [0.2, 0.25) is 0 Å². The molecule has 0 radical (unpaired) electrons. The molecule has 1 aliphatic rings. The molecule has 0 spiro atoms. The van der Waals surface area contributed by atoms with Gasteiger partial charge in [0.1, 0.15) is 0 Å². The first kappa shape index (κ1) is 8.78. The summed E-state index contributed by atoms with van der Waals surface area (Å²) in [6, 6.07) is 0. The lowest BCUT2D eigenvalue weighted by atomic mass is 10.1. The van der Waals surface area contributed by atoms with Gasteiger partial charge in [0, 0.05) is 17.0 Å². The zero-order valence-electron chi connectivity index (χ0n) is 5.55. The van der Waals surface area contributed by atoms with Crippen LogP contribution < -0.4 is 0 Å². The maximum Gasteiger partial charge on any atom is 0.161 e.